The molecule has 0 spiro atoms. The molecular formula is C44H49FNO7PSSi. The summed E-state index contributed by atoms with van der Waals surface area (Å²) in [5.74, 6) is -0.0615. The Labute approximate surface area is 333 Å². The van der Waals surface area contributed by atoms with Crippen LogP contribution in [0.3, 0.4) is 0 Å². The topological polar surface area (TPSA) is 91.4 Å². The quantitative estimate of drug-likeness (QED) is 0.0591. The number of β-lactam (4-membered cyclic amide) rings is 1. The molecule has 1 saturated heterocycles. The Morgan fingerprint density at radius 2 is 1.41 bits per heavy atom. The highest BCUT2D eigenvalue weighted by Crippen LogP contribution is 2.48. The molecule has 0 bridgehead atoms. The van der Waals surface area contributed by atoms with Crippen molar-refractivity contribution in [2.45, 2.75) is 62.9 Å². The Morgan fingerprint density at radius 3 is 2.00 bits per heavy atom. The number of para-hydroxylation sites is 1. The third kappa shape index (κ3) is 8.84. The van der Waals surface area contributed by atoms with Crippen LogP contribution in [0.15, 0.2) is 127 Å². The summed E-state index contributed by atoms with van der Waals surface area (Å²) in [5, 5.41) is -0.634. The second-order valence-corrected chi connectivity index (χ2v) is 23.9. The van der Waals surface area contributed by atoms with E-state index in [9.17, 15) is 18.0 Å². The number of halogens is 1. The molecule has 1 heterocycles. The lowest BCUT2D eigenvalue weighted by Gasteiger charge is -2.47. The van der Waals surface area contributed by atoms with Gasteiger partial charge in [0.05, 0.1) is 23.2 Å². The molecule has 1 aliphatic heterocycles. The number of amides is 1. The Bertz CT molecular complexity index is 2190. The van der Waals surface area contributed by atoms with E-state index >= 15 is 0 Å². The minimum absolute atomic E-state index is 0.0467. The van der Waals surface area contributed by atoms with Gasteiger partial charge in [-0.25, -0.2) is 4.39 Å². The number of carbonyl (C=O) groups is 1. The van der Waals surface area contributed by atoms with Crippen LogP contribution in [0.4, 0.5) is 10.1 Å². The first kappa shape index (κ1) is 41.4. The number of carbonyl (C=O) groups excluding carboxylic acids is 1. The third-order valence-electron chi connectivity index (χ3n) is 10.7. The van der Waals surface area contributed by atoms with Crippen molar-refractivity contribution in [1.82, 2.24) is 0 Å². The Kier molecular flexibility index (Phi) is 12.6. The smallest absolute Gasteiger partial charge is 0.360 e. The van der Waals surface area contributed by atoms with Crippen LogP contribution in [-0.4, -0.2) is 43.7 Å². The highest BCUT2D eigenvalue weighted by atomic mass is 32.2. The van der Waals surface area contributed by atoms with Gasteiger partial charge in [0.2, 0.25) is 5.91 Å². The van der Waals surface area contributed by atoms with E-state index in [0.29, 0.717) is 27.9 Å². The van der Waals surface area contributed by atoms with E-state index in [-0.39, 0.29) is 29.1 Å². The van der Waals surface area contributed by atoms with Gasteiger partial charge in [0, 0.05) is 36.3 Å². The maximum absolute atomic E-state index is 14.8. The van der Waals surface area contributed by atoms with E-state index in [2.05, 4.69) is 33.9 Å². The summed E-state index contributed by atoms with van der Waals surface area (Å²) in [5.41, 5.74) is 4.70. The summed E-state index contributed by atoms with van der Waals surface area (Å²) >= 11 is 0. The molecule has 294 valence electrons. The van der Waals surface area contributed by atoms with Gasteiger partial charge in [0.25, 0.3) is 0 Å². The molecule has 1 aliphatic rings. The third-order valence-corrected chi connectivity index (χ3v) is 18.8. The van der Waals surface area contributed by atoms with E-state index in [0.717, 1.165) is 16.7 Å². The second-order valence-electron chi connectivity index (χ2n) is 15.3. The van der Waals surface area contributed by atoms with Crippen molar-refractivity contribution < 1.29 is 36.2 Å². The highest BCUT2D eigenvalue weighted by Gasteiger charge is 2.54. The molecule has 0 aromatic heterocycles. The monoisotopic (exact) mass is 813 g/mol. The average Bonchev–Trinajstić information content (AvgIpc) is 3.19. The van der Waals surface area contributed by atoms with Gasteiger partial charge < -0.3 is 23.1 Å². The van der Waals surface area contributed by atoms with E-state index in [1.165, 1.54) is 26.4 Å². The highest BCUT2D eigenvalue weighted by molar-refractivity contribution is 7.86. The fraction of sp³-hybridized carbons (Fsp3) is 0.295. The van der Waals surface area contributed by atoms with Crippen LogP contribution in [-0.2, 0) is 40.2 Å². The zero-order valence-electron chi connectivity index (χ0n) is 32.8. The first-order chi connectivity index (χ1) is 26.7. The normalized spacial score (nSPS) is 17.3. The molecule has 8 nitrogen and oxygen atoms in total. The van der Waals surface area contributed by atoms with Gasteiger partial charge in [-0.15, -0.1) is 0 Å². The van der Waals surface area contributed by atoms with E-state index in [1.54, 1.807) is 29.2 Å². The van der Waals surface area contributed by atoms with Crippen molar-refractivity contribution in [3.05, 3.63) is 150 Å². The number of rotatable bonds is 15. The van der Waals surface area contributed by atoms with Crippen molar-refractivity contribution in [3.63, 3.8) is 0 Å². The van der Waals surface area contributed by atoms with Gasteiger partial charge in [0.1, 0.15) is 23.4 Å². The summed E-state index contributed by atoms with van der Waals surface area (Å²) in [7, 11) is -4.88. The van der Waals surface area contributed by atoms with E-state index < -0.39 is 44.1 Å². The van der Waals surface area contributed by atoms with Crippen LogP contribution < -0.4 is 14.9 Å². The van der Waals surface area contributed by atoms with Gasteiger partial charge >= 0.3 is 7.60 Å². The molecule has 0 radical (unpaired) electrons. The minimum Gasteiger partial charge on any atom is -0.489 e. The molecule has 0 N–H and O–H groups in total. The number of benzene rings is 5. The number of nitrogens with zero attached hydrogens (tertiary/aromatic N) is 1. The van der Waals surface area contributed by atoms with Crippen molar-refractivity contribution in [3.8, 4) is 16.9 Å². The van der Waals surface area contributed by atoms with Crippen LogP contribution in [0, 0.1) is 5.82 Å². The molecule has 1 unspecified atom stereocenters. The Hall–Kier alpha value is -4.22. The van der Waals surface area contributed by atoms with E-state index in [4.69, 9.17) is 18.2 Å². The molecule has 0 aliphatic carbocycles. The second kappa shape index (κ2) is 17.1. The Morgan fingerprint density at radius 1 is 0.821 bits per heavy atom. The molecule has 12 heteroatoms. The van der Waals surface area contributed by atoms with Gasteiger partial charge in [-0.1, -0.05) is 106 Å². The van der Waals surface area contributed by atoms with Gasteiger partial charge in [-0.05, 0) is 82.9 Å². The maximum atomic E-state index is 14.8. The average molecular weight is 814 g/mol. The molecule has 4 atom stereocenters. The van der Waals surface area contributed by atoms with Crippen LogP contribution in [0.5, 0.6) is 5.75 Å². The van der Waals surface area contributed by atoms with Gasteiger partial charge in [0.15, 0.2) is 8.32 Å². The predicted molar refractivity (Wildman–Crippen MR) is 225 cm³/mol. The number of hydrogen-bond acceptors (Lipinski definition) is 7. The largest absolute Gasteiger partial charge is 0.489 e. The zero-order chi connectivity index (χ0) is 40.3. The Balaban J connectivity index is 1.41. The first-order valence-electron chi connectivity index (χ1n) is 18.5. The van der Waals surface area contributed by atoms with Crippen molar-refractivity contribution >= 4 is 43.6 Å². The summed E-state index contributed by atoms with van der Waals surface area (Å²) in [6, 6.07) is 37.5. The lowest BCUT2D eigenvalue weighted by atomic mass is 9.90. The van der Waals surface area contributed by atoms with Crippen LogP contribution in [0.1, 0.15) is 49.6 Å². The summed E-state index contributed by atoms with van der Waals surface area (Å²) in [4.78, 5) is 16.0. The molecule has 56 heavy (non-hydrogen) atoms. The van der Waals surface area contributed by atoms with Crippen LogP contribution in [0.25, 0.3) is 11.1 Å². The number of anilines is 1. The lowest BCUT2D eigenvalue weighted by molar-refractivity contribution is -0.123. The summed E-state index contributed by atoms with van der Waals surface area (Å²) in [6.45, 7) is 10.9. The summed E-state index contributed by atoms with van der Waals surface area (Å²) in [6.07, 6.45) is -0.623. The first-order valence-corrected chi connectivity index (χ1v) is 24.3. The predicted octanol–water partition coefficient (Wildman–Crippen LogP) is 10.2. The molecule has 0 saturated carbocycles. The molecular weight excluding hydrogens is 765 g/mol. The van der Waals surface area contributed by atoms with Gasteiger partial charge in [-0.3, -0.25) is 13.6 Å². The lowest BCUT2D eigenvalue weighted by Crippen LogP contribution is -2.61. The van der Waals surface area contributed by atoms with Crippen molar-refractivity contribution in [2.75, 3.05) is 24.9 Å². The SMILES string of the molecule is COP(=O)(OC)c1ccc(-c2ccc([C@@H]3[C@@H](S(=O)C[C@H](O[Si](C)(C)C(C)(C)C)c4ccc(F)cc4)C(=O)N3c3ccccc3)c(OCc3ccccc3)c2)cc1. The maximum Gasteiger partial charge on any atom is 0.360 e. The van der Waals surface area contributed by atoms with Crippen LogP contribution in [0.2, 0.25) is 18.1 Å². The molecule has 6 rings (SSSR count). The standard InChI is InChI=1S/C44H49FNO7PSSi/c1-44(2,3)56(6,7)53-40(33-18-23-35(45)24-19-33)30-55(49)42-41(46(43(42)47)36-16-12-9-13-17-36)38-27-22-34(28-39(38)52-29-31-14-10-8-11-15-31)32-20-25-37(26-21-32)54(48,50-4)51-5/h8-28,40-42H,29-30H2,1-7H3/t40-,41+,42+,55?/m0/s1. The fourth-order valence-electron chi connectivity index (χ4n) is 6.50. The number of ether oxygens (including phenoxy) is 1. The summed E-state index contributed by atoms with van der Waals surface area (Å²) < 4.78 is 65.7. The zero-order valence-corrected chi connectivity index (χ0v) is 35.5. The van der Waals surface area contributed by atoms with Crippen LogP contribution >= 0.6 is 7.60 Å². The van der Waals surface area contributed by atoms with Crippen molar-refractivity contribution in [2.24, 2.45) is 0 Å². The van der Waals surface area contributed by atoms with Gasteiger partial charge in [-0.2, -0.15) is 0 Å². The molecule has 5 aromatic rings. The van der Waals surface area contributed by atoms with Crippen molar-refractivity contribution in [1.29, 1.82) is 0 Å². The molecule has 1 amide bonds. The fourth-order valence-corrected chi connectivity index (χ4v) is 10.6. The number of hydrogen-bond donors (Lipinski definition) is 0. The van der Waals surface area contributed by atoms with E-state index in [1.807, 2.05) is 91.0 Å². The molecule has 5 aromatic carbocycles. The minimum atomic E-state index is -3.44. The molecule has 1 fully saturated rings.